The minimum Gasteiger partial charge on any atom is -0.478 e. The number of carboxylic acids is 1. The largest absolute Gasteiger partial charge is 0.478 e. The number of aromatic nitrogens is 1. The standard InChI is InChI=1S/C21H20N2O4/c24-21(25)17-6-2-1-5-16(17)19-9-8-15(27-19)13-23-11-12-26-20(14-23)18-7-3-4-10-22-18/h1-10,20H,11-14H2,(H,24,25)/t20-/m1/s1. The first-order chi connectivity index (χ1) is 13.2. The molecule has 2 aromatic heterocycles. The summed E-state index contributed by atoms with van der Waals surface area (Å²) >= 11 is 0. The van der Waals surface area contributed by atoms with Gasteiger partial charge in [0.15, 0.2) is 0 Å². The minimum absolute atomic E-state index is 0.0536. The third kappa shape index (κ3) is 3.92. The number of carboxylic acid groups (broad SMARTS) is 1. The molecule has 4 rings (SSSR count). The van der Waals surface area contributed by atoms with E-state index in [0.717, 1.165) is 24.5 Å². The van der Waals surface area contributed by atoms with Gasteiger partial charge in [-0.05, 0) is 30.3 Å². The highest BCUT2D eigenvalue weighted by molar-refractivity contribution is 5.95. The molecule has 0 spiro atoms. The Kier molecular flexibility index (Phi) is 5.00. The lowest BCUT2D eigenvalue weighted by Gasteiger charge is -2.32. The smallest absolute Gasteiger partial charge is 0.336 e. The lowest BCUT2D eigenvalue weighted by Crippen LogP contribution is -2.38. The summed E-state index contributed by atoms with van der Waals surface area (Å²) < 4.78 is 11.8. The van der Waals surface area contributed by atoms with Gasteiger partial charge in [-0.25, -0.2) is 4.79 Å². The van der Waals surface area contributed by atoms with Gasteiger partial charge in [0.2, 0.25) is 0 Å². The summed E-state index contributed by atoms with van der Waals surface area (Å²) in [6, 6.07) is 16.4. The Hall–Kier alpha value is -2.96. The van der Waals surface area contributed by atoms with Crippen molar-refractivity contribution in [2.24, 2.45) is 0 Å². The van der Waals surface area contributed by atoms with Crippen molar-refractivity contribution in [1.82, 2.24) is 9.88 Å². The molecule has 6 heteroatoms. The highest BCUT2D eigenvalue weighted by atomic mass is 16.5. The van der Waals surface area contributed by atoms with Crippen LogP contribution in [0.3, 0.4) is 0 Å². The third-order valence-corrected chi connectivity index (χ3v) is 4.63. The Morgan fingerprint density at radius 1 is 1.15 bits per heavy atom. The van der Waals surface area contributed by atoms with Crippen molar-refractivity contribution in [2.75, 3.05) is 19.7 Å². The summed E-state index contributed by atoms with van der Waals surface area (Å²) in [5.41, 5.74) is 1.75. The zero-order chi connectivity index (χ0) is 18.6. The average Bonchev–Trinajstić information content (AvgIpc) is 3.17. The molecule has 0 aliphatic carbocycles. The van der Waals surface area contributed by atoms with Crippen LogP contribution in [0, 0.1) is 0 Å². The molecular formula is C21H20N2O4. The van der Waals surface area contributed by atoms with Crippen LogP contribution in [-0.4, -0.2) is 40.7 Å². The van der Waals surface area contributed by atoms with Gasteiger partial charge in [-0.2, -0.15) is 0 Å². The highest BCUT2D eigenvalue weighted by Gasteiger charge is 2.24. The zero-order valence-corrected chi connectivity index (χ0v) is 14.7. The van der Waals surface area contributed by atoms with Gasteiger partial charge >= 0.3 is 5.97 Å². The van der Waals surface area contributed by atoms with E-state index in [-0.39, 0.29) is 11.7 Å². The van der Waals surface area contributed by atoms with Gasteiger partial charge < -0.3 is 14.3 Å². The molecule has 1 saturated heterocycles. The number of hydrogen-bond acceptors (Lipinski definition) is 5. The number of pyridine rings is 1. The Balaban J connectivity index is 1.48. The van der Waals surface area contributed by atoms with Crippen LogP contribution in [-0.2, 0) is 11.3 Å². The monoisotopic (exact) mass is 364 g/mol. The number of ether oxygens (including phenoxy) is 1. The predicted molar refractivity (Wildman–Crippen MR) is 99.3 cm³/mol. The molecule has 1 aliphatic rings. The number of rotatable bonds is 5. The van der Waals surface area contributed by atoms with Crippen molar-refractivity contribution in [3.05, 3.63) is 77.8 Å². The maximum absolute atomic E-state index is 11.4. The fourth-order valence-corrected chi connectivity index (χ4v) is 3.30. The van der Waals surface area contributed by atoms with E-state index in [1.807, 2.05) is 36.4 Å². The molecular weight excluding hydrogens is 344 g/mol. The molecule has 1 N–H and O–H groups in total. The molecule has 0 radical (unpaired) electrons. The van der Waals surface area contributed by atoms with E-state index < -0.39 is 5.97 Å². The molecule has 1 aliphatic heterocycles. The number of aromatic carboxylic acids is 1. The number of morpholine rings is 1. The predicted octanol–water partition coefficient (Wildman–Crippen LogP) is 3.61. The normalized spacial score (nSPS) is 17.7. The lowest BCUT2D eigenvalue weighted by atomic mass is 10.1. The molecule has 0 unspecified atom stereocenters. The van der Waals surface area contributed by atoms with E-state index in [4.69, 9.17) is 9.15 Å². The summed E-state index contributed by atoms with van der Waals surface area (Å²) in [4.78, 5) is 18.1. The topological polar surface area (TPSA) is 75.8 Å². The first kappa shape index (κ1) is 17.5. The zero-order valence-electron chi connectivity index (χ0n) is 14.7. The van der Waals surface area contributed by atoms with Gasteiger partial charge in [0.05, 0.1) is 24.4 Å². The molecule has 0 amide bonds. The molecule has 1 aromatic carbocycles. The van der Waals surface area contributed by atoms with E-state index in [1.165, 1.54) is 0 Å². The Bertz CT molecular complexity index is 923. The van der Waals surface area contributed by atoms with Crippen molar-refractivity contribution in [3.63, 3.8) is 0 Å². The van der Waals surface area contributed by atoms with Crippen LogP contribution in [0.5, 0.6) is 0 Å². The second-order valence-electron chi connectivity index (χ2n) is 6.47. The Morgan fingerprint density at radius 2 is 2.00 bits per heavy atom. The second kappa shape index (κ2) is 7.73. The van der Waals surface area contributed by atoms with Gasteiger partial charge in [-0.1, -0.05) is 24.3 Å². The fourth-order valence-electron chi connectivity index (χ4n) is 3.30. The van der Waals surface area contributed by atoms with Gasteiger partial charge in [0.25, 0.3) is 0 Å². The van der Waals surface area contributed by atoms with Crippen LogP contribution in [0.4, 0.5) is 0 Å². The average molecular weight is 364 g/mol. The molecule has 3 heterocycles. The van der Waals surface area contributed by atoms with Crippen molar-refractivity contribution in [3.8, 4) is 11.3 Å². The molecule has 138 valence electrons. The highest BCUT2D eigenvalue weighted by Crippen LogP contribution is 2.27. The third-order valence-electron chi connectivity index (χ3n) is 4.63. The molecule has 3 aromatic rings. The summed E-state index contributed by atoms with van der Waals surface area (Å²) in [6.07, 6.45) is 1.72. The van der Waals surface area contributed by atoms with Crippen LogP contribution in [0.1, 0.15) is 27.9 Å². The molecule has 6 nitrogen and oxygen atoms in total. The van der Waals surface area contributed by atoms with Crippen molar-refractivity contribution in [2.45, 2.75) is 12.6 Å². The lowest BCUT2D eigenvalue weighted by molar-refractivity contribution is -0.0366. The van der Waals surface area contributed by atoms with Gasteiger partial charge in [0.1, 0.15) is 17.6 Å². The van der Waals surface area contributed by atoms with Crippen molar-refractivity contribution >= 4 is 5.97 Å². The van der Waals surface area contributed by atoms with E-state index in [9.17, 15) is 9.90 Å². The molecule has 0 saturated carbocycles. The second-order valence-corrected chi connectivity index (χ2v) is 6.47. The van der Waals surface area contributed by atoms with E-state index >= 15 is 0 Å². The number of benzene rings is 1. The van der Waals surface area contributed by atoms with E-state index in [0.29, 0.717) is 24.5 Å². The molecule has 27 heavy (non-hydrogen) atoms. The first-order valence-electron chi connectivity index (χ1n) is 8.87. The number of nitrogens with zero attached hydrogens (tertiary/aromatic N) is 2. The number of carbonyl (C=O) groups is 1. The Morgan fingerprint density at radius 3 is 2.81 bits per heavy atom. The molecule has 0 bridgehead atoms. The maximum Gasteiger partial charge on any atom is 0.336 e. The summed E-state index contributed by atoms with van der Waals surface area (Å²) in [5.74, 6) is 0.402. The molecule has 1 atom stereocenters. The summed E-state index contributed by atoms with van der Waals surface area (Å²) in [7, 11) is 0. The van der Waals surface area contributed by atoms with Crippen LogP contribution < -0.4 is 0 Å². The van der Waals surface area contributed by atoms with Crippen molar-refractivity contribution in [1.29, 1.82) is 0 Å². The van der Waals surface area contributed by atoms with Crippen LogP contribution in [0.2, 0.25) is 0 Å². The first-order valence-corrected chi connectivity index (χ1v) is 8.87. The van der Waals surface area contributed by atoms with Gasteiger partial charge in [-0.3, -0.25) is 9.88 Å². The van der Waals surface area contributed by atoms with Crippen LogP contribution in [0.25, 0.3) is 11.3 Å². The SMILES string of the molecule is O=C(O)c1ccccc1-c1ccc(CN2CCO[C@@H](c3ccccn3)C2)o1. The quantitative estimate of drug-likeness (QED) is 0.745. The summed E-state index contributed by atoms with van der Waals surface area (Å²) in [6.45, 7) is 2.82. The van der Waals surface area contributed by atoms with Crippen molar-refractivity contribution < 1.29 is 19.1 Å². The fraction of sp³-hybridized carbons (Fsp3) is 0.238. The maximum atomic E-state index is 11.4. The number of hydrogen-bond donors (Lipinski definition) is 1. The van der Waals surface area contributed by atoms with Crippen LogP contribution in [0.15, 0.2) is 65.2 Å². The van der Waals surface area contributed by atoms with Crippen LogP contribution >= 0.6 is 0 Å². The van der Waals surface area contributed by atoms with Gasteiger partial charge in [0, 0.05) is 24.8 Å². The number of furan rings is 1. The van der Waals surface area contributed by atoms with E-state index in [2.05, 4.69) is 9.88 Å². The molecule has 1 fully saturated rings. The minimum atomic E-state index is -0.963. The van der Waals surface area contributed by atoms with Gasteiger partial charge in [-0.15, -0.1) is 0 Å². The van der Waals surface area contributed by atoms with E-state index in [1.54, 1.807) is 24.4 Å². The summed E-state index contributed by atoms with van der Waals surface area (Å²) in [5, 5.41) is 9.36. The Labute approximate surface area is 157 Å².